The third-order valence-electron chi connectivity index (χ3n) is 2.76. The number of halogens is 3. The zero-order valence-corrected chi connectivity index (χ0v) is 11.4. The summed E-state index contributed by atoms with van der Waals surface area (Å²) in [5.74, 6) is -1.99. The van der Waals surface area contributed by atoms with E-state index in [1.165, 1.54) is 23.5 Å². The fourth-order valence-corrected chi connectivity index (χ4v) is 2.51. The molecule has 1 unspecified atom stereocenters. The van der Waals surface area contributed by atoms with E-state index in [2.05, 4.69) is 0 Å². The van der Waals surface area contributed by atoms with Crippen LogP contribution in [-0.2, 0) is 11.0 Å². The lowest BCUT2D eigenvalue weighted by Gasteiger charge is -2.13. The van der Waals surface area contributed by atoms with Crippen molar-refractivity contribution in [1.82, 2.24) is 0 Å². The van der Waals surface area contributed by atoms with Gasteiger partial charge in [0.15, 0.2) is 0 Å². The van der Waals surface area contributed by atoms with Crippen molar-refractivity contribution in [2.24, 2.45) is 0 Å². The zero-order valence-electron chi connectivity index (χ0n) is 10.6. The van der Waals surface area contributed by atoms with Gasteiger partial charge < -0.3 is 9.84 Å². The third-order valence-corrected chi connectivity index (χ3v) is 3.75. The molecule has 0 bridgehead atoms. The van der Waals surface area contributed by atoms with Crippen LogP contribution in [-0.4, -0.2) is 17.7 Å². The average molecular weight is 316 g/mol. The van der Waals surface area contributed by atoms with Gasteiger partial charge >= 0.3 is 12.1 Å². The Morgan fingerprint density at radius 1 is 1.29 bits per heavy atom. The lowest BCUT2D eigenvalue weighted by atomic mass is 10.1. The second-order valence-corrected chi connectivity index (χ2v) is 5.22. The van der Waals surface area contributed by atoms with E-state index in [4.69, 9.17) is 9.84 Å². The van der Waals surface area contributed by atoms with Crippen molar-refractivity contribution in [3.05, 3.63) is 52.2 Å². The van der Waals surface area contributed by atoms with Gasteiger partial charge in [-0.05, 0) is 29.6 Å². The third kappa shape index (κ3) is 3.98. The number of thiophene rings is 1. The van der Waals surface area contributed by atoms with Crippen LogP contribution in [0.3, 0.4) is 0 Å². The molecule has 112 valence electrons. The lowest BCUT2D eigenvalue weighted by Crippen LogP contribution is -2.18. The number of carbonyl (C=O) groups is 1. The molecule has 21 heavy (non-hydrogen) atoms. The molecule has 1 aromatic heterocycles. The molecule has 1 atom stereocenters. The first kappa shape index (κ1) is 15.4. The maximum atomic E-state index is 12.6. The summed E-state index contributed by atoms with van der Waals surface area (Å²) in [5, 5.41) is 10.9. The molecule has 0 aliphatic heterocycles. The summed E-state index contributed by atoms with van der Waals surface area (Å²) in [6.07, 6.45) is -4.46. The molecule has 2 rings (SSSR count). The van der Waals surface area contributed by atoms with Gasteiger partial charge in [0.1, 0.15) is 18.3 Å². The number of hydrogen-bond donors (Lipinski definition) is 1. The van der Waals surface area contributed by atoms with Crippen LogP contribution in [0.4, 0.5) is 13.2 Å². The summed E-state index contributed by atoms with van der Waals surface area (Å²) in [5.41, 5.74) is -0.831. The highest BCUT2D eigenvalue weighted by atomic mass is 32.1. The Morgan fingerprint density at radius 3 is 2.62 bits per heavy atom. The molecule has 0 radical (unpaired) electrons. The van der Waals surface area contributed by atoms with Gasteiger partial charge in [0, 0.05) is 4.88 Å². The van der Waals surface area contributed by atoms with Crippen LogP contribution >= 0.6 is 11.3 Å². The average Bonchev–Trinajstić information content (AvgIpc) is 2.92. The first-order valence-electron chi connectivity index (χ1n) is 5.94. The smallest absolute Gasteiger partial charge is 0.416 e. The largest absolute Gasteiger partial charge is 0.492 e. The van der Waals surface area contributed by atoms with E-state index in [0.29, 0.717) is 4.88 Å². The minimum Gasteiger partial charge on any atom is -0.492 e. The molecule has 0 saturated carbocycles. The molecule has 1 N–H and O–H groups in total. The van der Waals surface area contributed by atoms with Crippen LogP contribution in [0.15, 0.2) is 41.8 Å². The Bertz CT molecular complexity index is 608. The molecule has 0 aliphatic carbocycles. The van der Waals surface area contributed by atoms with Crippen molar-refractivity contribution in [3.8, 4) is 5.75 Å². The van der Waals surface area contributed by atoms with Crippen LogP contribution in [0, 0.1) is 0 Å². The summed E-state index contributed by atoms with van der Waals surface area (Å²) >= 11 is 1.26. The zero-order chi connectivity index (χ0) is 15.5. The van der Waals surface area contributed by atoms with E-state index in [1.54, 1.807) is 17.5 Å². The van der Waals surface area contributed by atoms with Crippen molar-refractivity contribution < 1.29 is 27.8 Å². The summed E-state index contributed by atoms with van der Waals surface area (Å²) in [6.45, 7) is -0.225. The number of ether oxygens (including phenoxy) is 1. The fourth-order valence-electron chi connectivity index (χ4n) is 1.71. The number of carboxylic acid groups (broad SMARTS) is 1. The second-order valence-electron chi connectivity index (χ2n) is 4.24. The van der Waals surface area contributed by atoms with Gasteiger partial charge in [0.2, 0.25) is 0 Å². The predicted molar refractivity (Wildman–Crippen MR) is 71.6 cm³/mol. The normalized spacial score (nSPS) is 12.9. The lowest BCUT2D eigenvalue weighted by molar-refractivity contribution is -0.140. The van der Waals surface area contributed by atoms with Crippen LogP contribution < -0.4 is 4.74 Å². The Morgan fingerprint density at radius 2 is 2.05 bits per heavy atom. The van der Waals surface area contributed by atoms with Gasteiger partial charge in [-0.1, -0.05) is 12.1 Å². The SMILES string of the molecule is O=C(O)C(COc1cccc(C(F)(F)F)c1)c1cccs1. The predicted octanol–water partition coefficient (Wildman–Crippen LogP) is 4.01. The van der Waals surface area contributed by atoms with Crippen molar-refractivity contribution in [2.45, 2.75) is 12.1 Å². The Hall–Kier alpha value is -2.02. The minimum atomic E-state index is -4.46. The number of hydrogen-bond acceptors (Lipinski definition) is 3. The molecular formula is C14H11F3O3S. The molecule has 1 aromatic carbocycles. The van der Waals surface area contributed by atoms with E-state index < -0.39 is 23.6 Å². The van der Waals surface area contributed by atoms with Gasteiger partial charge in [-0.15, -0.1) is 11.3 Å². The van der Waals surface area contributed by atoms with Crippen LogP contribution in [0.2, 0.25) is 0 Å². The molecule has 7 heteroatoms. The van der Waals surface area contributed by atoms with Crippen molar-refractivity contribution in [2.75, 3.05) is 6.61 Å². The summed E-state index contributed by atoms with van der Waals surface area (Å²) in [6, 6.07) is 7.73. The highest BCUT2D eigenvalue weighted by molar-refractivity contribution is 7.10. The first-order valence-corrected chi connectivity index (χ1v) is 6.82. The standard InChI is InChI=1S/C14H11F3O3S/c15-14(16,17)9-3-1-4-10(7-9)20-8-11(13(18)19)12-5-2-6-21-12/h1-7,11H,8H2,(H,18,19). The molecule has 2 aromatic rings. The molecule has 0 amide bonds. The van der Waals surface area contributed by atoms with Crippen LogP contribution in [0.25, 0.3) is 0 Å². The summed E-state index contributed by atoms with van der Waals surface area (Å²) < 4.78 is 42.9. The number of rotatable bonds is 5. The van der Waals surface area contributed by atoms with E-state index in [-0.39, 0.29) is 12.4 Å². The number of carboxylic acids is 1. The van der Waals surface area contributed by atoms with Gasteiger partial charge in [0.05, 0.1) is 5.56 Å². The molecule has 0 spiro atoms. The van der Waals surface area contributed by atoms with Crippen molar-refractivity contribution in [3.63, 3.8) is 0 Å². The molecular weight excluding hydrogens is 305 g/mol. The van der Waals surface area contributed by atoms with Crippen molar-refractivity contribution >= 4 is 17.3 Å². The second kappa shape index (κ2) is 6.17. The van der Waals surface area contributed by atoms with E-state index in [1.807, 2.05) is 0 Å². The van der Waals surface area contributed by atoms with Gasteiger partial charge in [0.25, 0.3) is 0 Å². The molecule has 0 saturated heterocycles. The number of alkyl halides is 3. The van der Waals surface area contributed by atoms with E-state index >= 15 is 0 Å². The Labute approximate surface area is 122 Å². The molecule has 0 fully saturated rings. The quantitative estimate of drug-likeness (QED) is 0.906. The van der Waals surface area contributed by atoms with Crippen LogP contribution in [0.5, 0.6) is 5.75 Å². The Balaban J connectivity index is 2.10. The van der Waals surface area contributed by atoms with Crippen molar-refractivity contribution in [1.29, 1.82) is 0 Å². The highest BCUT2D eigenvalue weighted by Gasteiger charge is 2.30. The van der Waals surface area contributed by atoms with E-state index in [9.17, 15) is 18.0 Å². The monoisotopic (exact) mass is 316 g/mol. The minimum absolute atomic E-state index is 0.00682. The van der Waals surface area contributed by atoms with Crippen LogP contribution in [0.1, 0.15) is 16.4 Å². The molecule has 0 aliphatic rings. The highest BCUT2D eigenvalue weighted by Crippen LogP contribution is 2.31. The summed E-state index contributed by atoms with van der Waals surface area (Å²) in [4.78, 5) is 11.8. The maximum absolute atomic E-state index is 12.6. The van der Waals surface area contributed by atoms with Gasteiger partial charge in [-0.25, -0.2) is 0 Å². The fraction of sp³-hybridized carbons (Fsp3) is 0.214. The van der Waals surface area contributed by atoms with E-state index in [0.717, 1.165) is 12.1 Å². The first-order chi connectivity index (χ1) is 9.88. The molecule has 1 heterocycles. The van der Waals surface area contributed by atoms with Gasteiger partial charge in [-0.2, -0.15) is 13.2 Å². The topological polar surface area (TPSA) is 46.5 Å². The maximum Gasteiger partial charge on any atom is 0.416 e. The number of aliphatic carboxylic acids is 1. The Kier molecular flexibility index (Phi) is 4.52. The summed E-state index contributed by atoms with van der Waals surface area (Å²) in [7, 11) is 0. The molecule has 3 nitrogen and oxygen atoms in total. The number of benzene rings is 1. The van der Waals surface area contributed by atoms with Gasteiger partial charge in [-0.3, -0.25) is 4.79 Å².